The molecule has 140 valence electrons. The molecule has 3 aromatic rings. The second kappa shape index (κ2) is 6.56. The number of fused-ring (bicyclic) bond motifs is 2. The number of carbonyl (C=O) groups excluding carboxylic acids is 2. The van der Waals surface area contributed by atoms with E-state index < -0.39 is 5.92 Å². The number of anilines is 2. The number of nitrogens with one attached hydrogen (secondary N) is 1. The minimum absolute atomic E-state index is 0.0396. The third kappa shape index (κ3) is 2.83. The molecule has 1 atom stereocenters. The Kier molecular flexibility index (Phi) is 3.90. The standard InChI is InChI=1S/C22H18N2O4/c25-21-10-15(22(26)23-16-8-9-19-20(11-16)28-13-27-19)12-24(21)18-7-3-5-14-4-1-2-6-17(14)18/h1-9,11,15H,10,12-13H2,(H,23,26). The zero-order valence-electron chi connectivity index (χ0n) is 15.1. The van der Waals surface area contributed by atoms with Crippen LogP contribution in [0.25, 0.3) is 10.8 Å². The number of ether oxygens (including phenoxy) is 2. The van der Waals surface area contributed by atoms with Gasteiger partial charge in [-0.25, -0.2) is 0 Å². The summed E-state index contributed by atoms with van der Waals surface area (Å²) in [4.78, 5) is 27.1. The molecule has 1 N–H and O–H groups in total. The molecule has 0 aromatic heterocycles. The van der Waals surface area contributed by atoms with Gasteiger partial charge >= 0.3 is 0 Å². The molecule has 0 saturated carbocycles. The molecule has 1 unspecified atom stereocenters. The molecule has 1 saturated heterocycles. The lowest BCUT2D eigenvalue weighted by atomic mass is 10.1. The lowest BCUT2D eigenvalue weighted by Gasteiger charge is -2.19. The molecule has 2 heterocycles. The Morgan fingerprint density at radius 2 is 1.82 bits per heavy atom. The van der Waals surface area contributed by atoms with Crippen LogP contribution in [0.5, 0.6) is 11.5 Å². The van der Waals surface area contributed by atoms with Gasteiger partial charge in [0.05, 0.1) is 11.6 Å². The normalized spacial score (nSPS) is 17.9. The van der Waals surface area contributed by atoms with Gasteiger partial charge in [-0.2, -0.15) is 0 Å². The van der Waals surface area contributed by atoms with Crippen LogP contribution in [0.2, 0.25) is 0 Å². The van der Waals surface area contributed by atoms with Crippen LogP contribution in [0.1, 0.15) is 6.42 Å². The van der Waals surface area contributed by atoms with Crippen molar-refractivity contribution >= 4 is 34.0 Å². The summed E-state index contributed by atoms with van der Waals surface area (Å²) >= 11 is 0. The van der Waals surface area contributed by atoms with Crippen LogP contribution in [-0.2, 0) is 9.59 Å². The smallest absolute Gasteiger partial charge is 0.231 e. The van der Waals surface area contributed by atoms with Crippen LogP contribution < -0.4 is 19.7 Å². The highest BCUT2D eigenvalue weighted by molar-refractivity contribution is 6.08. The summed E-state index contributed by atoms with van der Waals surface area (Å²) in [5, 5.41) is 4.97. The average Bonchev–Trinajstić information content (AvgIpc) is 3.33. The maximum atomic E-state index is 12.7. The van der Waals surface area contributed by atoms with Gasteiger partial charge in [-0.15, -0.1) is 0 Å². The number of hydrogen-bond donors (Lipinski definition) is 1. The monoisotopic (exact) mass is 374 g/mol. The predicted molar refractivity (Wildman–Crippen MR) is 106 cm³/mol. The number of rotatable bonds is 3. The van der Waals surface area contributed by atoms with Crippen molar-refractivity contribution in [3.63, 3.8) is 0 Å². The van der Waals surface area contributed by atoms with Gasteiger partial charge in [-0.3, -0.25) is 9.59 Å². The second-order valence-electron chi connectivity index (χ2n) is 6.96. The molecule has 0 spiro atoms. The number of benzene rings is 3. The van der Waals surface area contributed by atoms with Gasteiger partial charge in [0.1, 0.15) is 0 Å². The van der Waals surface area contributed by atoms with Crippen LogP contribution in [0.15, 0.2) is 60.7 Å². The number of amides is 2. The van der Waals surface area contributed by atoms with E-state index in [2.05, 4.69) is 5.32 Å². The summed E-state index contributed by atoms with van der Waals surface area (Å²) in [6.45, 7) is 0.549. The number of carbonyl (C=O) groups is 2. The van der Waals surface area contributed by atoms with E-state index in [-0.39, 0.29) is 25.0 Å². The van der Waals surface area contributed by atoms with Gasteiger partial charge in [0.25, 0.3) is 0 Å². The topological polar surface area (TPSA) is 67.9 Å². The molecule has 1 fully saturated rings. The van der Waals surface area contributed by atoms with Gasteiger partial charge in [0, 0.05) is 30.1 Å². The minimum Gasteiger partial charge on any atom is -0.454 e. The van der Waals surface area contributed by atoms with Crippen LogP contribution in [-0.4, -0.2) is 25.2 Å². The molecule has 2 amide bonds. The third-order valence-electron chi connectivity index (χ3n) is 5.19. The SMILES string of the molecule is O=C(Nc1ccc2c(c1)OCO2)C1CC(=O)N(c2cccc3ccccc23)C1. The van der Waals surface area contributed by atoms with Crippen molar-refractivity contribution in [3.05, 3.63) is 60.7 Å². The van der Waals surface area contributed by atoms with E-state index in [1.807, 2.05) is 42.5 Å². The van der Waals surface area contributed by atoms with Gasteiger partial charge in [0.2, 0.25) is 18.6 Å². The van der Waals surface area contributed by atoms with E-state index in [0.717, 1.165) is 16.5 Å². The van der Waals surface area contributed by atoms with Crippen molar-refractivity contribution in [2.24, 2.45) is 5.92 Å². The first kappa shape index (κ1) is 16.6. The summed E-state index contributed by atoms with van der Waals surface area (Å²) in [5.41, 5.74) is 1.48. The summed E-state index contributed by atoms with van der Waals surface area (Å²) in [6, 6.07) is 19.1. The van der Waals surface area contributed by atoms with Crippen molar-refractivity contribution < 1.29 is 19.1 Å². The Labute approximate surface area is 161 Å². The first-order valence-electron chi connectivity index (χ1n) is 9.18. The van der Waals surface area contributed by atoms with Crippen LogP contribution >= 0.6 is 0 Å². The van der Waals surface area contributed by atoms with Gasteiger partial charge in [0.15, 0.2) is 11.5 Å². The Hall–Kier alpha value is -3.54. The fourth-order valence-electron chi connectivity index (χ4n) is 3.78. The Balaban J connectivity index is 1.35. The molecular formula is C22H18N2O4. The van der Waals surface area contributed by atoms with Gasteiger partial charge in [-0.05, 0) is 23.6 Å². The highest BCUT2D eigenvalue weighted by Crippen LogP contribution is 2.35. The summed E-state index contributed by atoms with van der Waals surface area (Å²) in [7, 11) is 0. The Morgan fingerprint density at radius 3 is 2.75 bits per heavy atom. The molecule has 3 aromatic carbocycles. The highest BCUT2D eigenvalue weighted by Gasteiger charge is 2.35. The zero-order valence-corrected chi connectivity index (χ0v) is 15.1. The first-order valence-corrected chi connectivity index (χ1v) is 9.18. The van der Waals surface area contributed by atoms with Crippen molar-refractivity contribution in [1.82, 2.24) is 0 Å². The summed E-state index contributed by atoms with van der Waals surface area (Å²) < 4.78 is 10.6. The van der Waals surface area contributed by atoms with E-state index in [1.165, 1.54) is 0 Å². The Morgan fingerprint density at radius 1 is 1.00 bits per heavy atom. The molecule has 28 heavy (non-hydrogen) atoms. The van der Waals surface area contributed by atoms with E-state index in [1.54, 1.807) is 23.1 Å². The van der Waals surface area contributed by atoms with Crippen LogP contribution in [0, 0.1) is 5.92 Å². The number of hydrogen-bond acceptors (Lipinski definition) is 4. The van der Waals surface area contributed by atoms with Crippen molar-refractivity contribution in [1.29, 1.82) is 0 Å². The molecule has 0 aliphatic carbocycles. The van der Waals surface area contributed by atoms with Crippen molar-refractivity contribution in [2.45, 2.75) is 6.42 Å². The molecule has 6 nitrogen and oxygen atoms in total. The van der Waals surface area contributed by atoms with Gasteiger partial charge < -0.3 is 19.7 Å². The summed E-state index contributed by atoms with van der Waals surface area (Å²) in [6.07, 6.45) is 0.194. The van der Waals surface area contributed by atoms with Crippen LogP contribution in [0.3, 0.4) is 0 Å². The van der Waals surface area contributed by atoms with E-state index in [0.29, 0.717) is 23.7 Å². The average molecular weight is 374 g/mol. The largest absolute Gasteiger partial charge is 0.454 e. The summed E-state index contributed by atoms with van der Waals surface area (Å²) in [5.74, 6) is 0.655. The maximum Gasteiger partial charge on any atom is 0.231 e. The molecular weight excluding hydrogens is 356 g/mol. The minimum atomic E-state index is -0.406. The van der Waals surface area contributed by atoms with E-state index in [4.69, 9.17) is 9.47 Å². The fourth-order valence-corrected chi connectivity index (χ4v) is 3.78. The zero-order chi connectivity index (χ0) is 19.1. The highest BCUT2D eigenvalue weighted by atomic mass is 16.7. The first-order chi connectivity index (χ1) is 13.7. The molecule has 0 radical (unpaired) electrons. The maximum absolute atomic E-state index is 12.7. The fraction of sp³-hybridized carbons (Fsp3) is 0.182. The number of nitrogens with zero attached hydrogens (tertiary/aromatic N) is 1. The van der Waals surface area contributed by atoms with Crippen molar-refractivity contribution in [2.75, 3.05) is 23.6 Å². The van der Waals surface area contributed by atoms with E-state index >= 15 is 0 Å². The molecule has 2 aliphatic heterocycles. The van der Waals surface area contributed by atoms with Crippen LogP contribution in [0.4, 0.5) is 11.4 Å². The predicted octanol–water partition coefficient (Wildman–Crippen LogP) is 3.56. The van der Waals surface area contributed by atoms with Crippen molar-refractivity contribution in [3.8, 4) is 11.5 Å². The lowest BCUT2D eigenvalue weighted by Crippen LogP contribution is -2.28. The van der Waals surface area contributed by atoms with Gasteiger partial charge in [-0.1, -0.05) is 36.4 Å². The third-order valence-corrected chi connectivity index (χ3v) is 5.19. The molecule has 2 aliphatic rings. The lowest BCUT2D eigenvalue weighted by molar-refractivity contribution is -0.122. The molecule has 5 rings (SSSR count). The molecule has 6 heteroatoms. The quantitative estimate of drug-likeness (QED) is 0.761. The molecule has 0 bridgehead atoms. The Bertz CT molecular complexity index is 1090. The second-order valence-corrected chi connectivity index (χ2v) is 6.96. The van der Waals surface area contributed by atoms with E-state index in [9.17, 15) is 9.59 Å².